The third-order valence-electron chi connectivity index (χ3n) is 5.07. The van der Waals surface area contributed by atoms with Crippen LogP contribution in [-0.4, -0.2) is 32.2 Å². The fraction of sp³-hybridized carbons (Fsp3) is 0.185. The molecule has 0 fully saturated rings. The third kappa shape index (κ3) is 5.41. The molecule has 0 radical (unpaired) electrons. The van der Waals surface area contributed by atoms with Gasteiger partial charge in [0.05, 0.1) is 7.11 Å². The van der Waals surface area contributed by atoms with Gasteiger partial charge in [0.25, 0.3) is 0 Å². The number of carbonyl (C=O) groups is 1. The van der Waals surface area contributed by atoms with Gasteiger partial charge in [-0.05, 0) is 66.9 Å². The molecule has 0 N–H and O–H groups in total. The number of esters is 1. The van der Waals surface area contributed by atoms with Crippen molar-refractivity contribution in [1.29, 1.82) is 0 Å². The average molecular weight is 443 g/mol. The van der Waals surface area contributed by atoms with E-state index in [1.54, 1.807) is 25.3 Å². The Hall–Kier alpha value is -4.06. The third-order valence-corrected chi connectivity index (χ3v) is 5.07. The normalized spacial score (nSPS) is 14.1. The van der Waals surface area contributed by atoms with Crippen LogP contribution in [0.15, 0.2) is 77.4 Å². The van der Waals surface area contributed by atoms with Crippen LogP contribution >= 0.6 is 0 Å². The Labute approximate surface area is 193 Å². The summed E-state index contributed by atoms with van der Waals surface area (Å²) in [5.41, 5.74) is 3.95. The number of cyclic esters (lactones) is 1. The van der Waals surface area contributed by atoms with Crippen LogP contribution in [0.1, 0.15) is 22.3 Å². The van der Waals surface area contributed by atoms with E-state index in [4.69, 9.17) is 18.9 Å². The molecule has 1 aliphatic heterocycles. The first kappa shape index (κ1) is 22.1. The van der Waals surface area contributed by atoms with Crippen molar-refractivity contribution in [3.63, 3.8) is 0 Å². The zero-order valence-corrected chi connectivity index (χ0v) is 18.8. The summed E-state index contributed by atoms with van der Waals surface area (Å²) >= 11 is 0. The highest BCUT2D eigenvalue weighted by Crippen LogP contribution is 2.30. The molecule has 0 atom stereocenters. The van der Waals surface area contributed by atoms with Gasteiger partial charge in [-0.2, -0.15) is 0 Å². The molecule has 0 bridgehead atoms. The Morgan fingerprint density at radius 1 is 0.879 bits per heavy atom. The van der Waals surface area contributed by atoms with Gasteiger partial charge in [0.15, 0.2) is 17.2 Å². The number of aryl methyl sites for hydroxylation is 2. The second kappa shape index (κ2) is 10.0. The van der Waals surface area contributed by atoms with E-state index < -0.39 is 5.97 Å². The lowest BCUT2D eigenvalue weighted by molar-refractivity contribution is -0.129. The van der Waals surface area contributed by atoms with Gasteiger partial charge in [-0.25, -0.2) is 9.79 Å². The van der Waals surface area contributed by atoms with Gasteiger partial charge in [-0.15, -0.1) is 0 Å². The maximum absolute atomic E-state index is 12.2. The van der Waals surface area contributed by atoms with Gasteiger partial charge < -0.3 is 18.9 Å². The van der Waals surface area contributed by atoms with Gasteiger partial charge in [-0.3, -0.25) is 0 Å². The molecule has 0 amide bonds. The zero-order chi connectivity index (χ0) is 23.2. The van der Waals surface area contributed by atoms with Crippen molar-refractivity contribution in [2.75, 3.05) is 20.3 Å². The topological polar surface area (TPSA) is 66.4 Å². The number of methoxy groups -OCH3 is 1. The summed E-state index contributed by atoms with van der Waals surface area (Å²) in [5, 5.41) is 0. The van der Waals surface area contributed by atoms with Crippen molar-refractivity contribution in [2.45, 2.75) is 13.8 Å². The Bertz CT molecular complexity index is 1210. The summed E-state index contributed by atoms with van der Waals surface area (Å²) in [7, 11) is 1.57. The fourth-order valence-corrected chi connectivity index (χ4v) is 3.33. The van der Waals surface area contributed by atoms with E-state index in [-0.39, 0.29) is 5.70 Å². The second-order valence-electron chi connectivity index (χ2n) is 7.58. The molecular formula is C27H25NO5. The number of benzene rings is 3. The van der Waals surface area contributed by atoms with Crippen LogP contribution in [-0.2, 0) is 9.53 Å². The van der Waals surface area contributed by atoms with Crippen molar-refractivity contribution in [2.24, 2.45) is 4.99 Å². The van der Waals surface area contributed by atoms with E-state index in [1.165, 1.54) is 0 Å². The molecule has 3 aromatic carbocycles. The number of hydrogen-bond donors (Lipinski definition) is 0. The Morgan fingerprint density at radius 2 is 1.64 bits per heavy atom. The van der Waals surface area contributed by atoms with E-state index >= 15 is 0 Å². The van der Waals surface area contributed by atoms with E-state index in [0.29, 0.717) is 30.6 Å². The van der Waals surface area contributed by atoms with Gasteiger partial charge in [0, 0.05) is 5.56 Å². The molecule has 0 spiro atoms. The minimum atomic E-state index is -0.489. The van der Waals surface area contributed by atoms with Crippen molar-refractivity contribution < 1.29 is 23.7 Å². The number of aliphatic imine (C=N–C) groups is 1. The number of nitrogens with zero attached hydrogens (tertiary/aromatic N) is 1. The number of rotatable bonds is 8. The molecule has 6 heteroatoms. The second-order valence-corrected chi connectivity index (χ2v) is 7.58. The minimum Gasteiger partial charge on any atom is -0.493 e. The molecule has 0 aromatic heterocycles. The zero-order valence-electron chi connectivity index (χ0n) is 18.8. The number of ether oxygens (including phenoxy) is 4. The molecule has 1 heterocycles. The molecule has 4 rings (SSSR count). The SMILES string of the molecule is COc1cc(/C=C2\N=C(c3ccccc3)OC2=O)ccc1OCCOc1cc(C)ccc1C. The first-order chi connectivity index (χ1) is 16.0. The van der Waals surface area contributed by atoms with Crippen molar-refractivity contribution in [3.05, 3.63) is 94.7 Å². The summed E-state index contributed by atoms with van der Waals surface area (Å²) in [6.07, 6.45) is 1.66. The maximum Gasteiger partial charge on any atom is 0.363 e. The van der Waals surface area contributed by atoms with Crippen molar-refractivity contribution in [1.82, 2.24) is 0 Å². The quantitative estimate of drug-likeness (QED) is 0.275. The van der Waals surface area contributed by atoms with Crippen LogP contribution in [0, 0.1) is 13.8 Å². The summed E-state index contributed by atoms with van der Waals surface area (Å²) in [5.74, 6) is 1.80. The molecule has 1 aliphatic rings. The van der Waals surface area contributed by atoms with Gasteiger partial charge >= 0.3 is 5.97 Å². The monoisotopic (exact) mass is 443 g/mol. The smallest absolute Gasteiger partial charge is 0.363 e. The van der Waals surface area contributed by atoms with Gasteiger partial charge in [-0.1, -0.05) is 36.4 Å². The lowest BCUT2D eigenvalue weighted by atomic mass is 10.1. The largest absolute Gasteiger partial charge is 0.493 e. The highest BCUT2D eigenvalue weighted by molar-refractivity contribution is 6.12. The summed E-state index contributed by atoms with van der Waals surface area (Å²) < 4.78 is 22.5. The van der Waals surface area contributed by atoms with Crippen LogP contribution in [0.5, 0.6) is 17.2 Å². The van der Waals surface area contributed by atoms with Crippen LogP contribution < -0.4 is 14.2 Å². The lowest BCUT2D eigenvalue weighted by Gasteiger charge is -2.13. The fourth-order valence-electron chi connectivity index (χ4n) is 3.33. The highest BCUT2D eigenvalue weighted by Gasteiger charge is 2.24. The molecule has 33 heavy (non-hydrogen) atoms. The standard InChI is InChI=1S/C27H25NO5/c1-18-9-10-19(2)24(15-18)32-14-13-31-23-12-11-20(17-25(23)30-3)16-22-27(29)33-26(28-22)21-7-5-4-6-8-21/h4-12,15-17H,13-14H2,1-3H3/b22-16-. The van der Waals surface area contributed by atoms with Crippen molar-refractivity contribution >= 4 is 17.9 Å². The molecular weight excluding hydrogens is 418 g/mol. The molecule has 3 aromatic rings. The molecule has 6 nitrogen and oxygen atoms in total. The van der Waals surface area contributed by atoms with E-state index in [2.05, 4.69) is 11.1 Å². The predicted molar refractivity (Wildman–Crippen MR) is 127 cm³/mol. The average Bonchev–Trinajstić information content (AvgIpc) is 3.20. The molecule has 168 valence electrons. The van der Waals surface area contributed by atoms with Crippen LogP contribution in [0.2, 0.25) is 0 Å². The first-order valence-electron chi connectivity index (χ1n) is 10.6. The molecule has 0 unspecified atom stereocenters. The van der Waals surface area contributed by atoms with Gasteiger partial charge in [0.1, 0.15) is 19.0 Å². The highest BCUT2D eigenvalue weighted by atomic mass is 16.6. The minimum absolute atomic E-state index is 0.228. The van der Waals surface area contributed by atoms with Crippen LogP contribution in [0.4, 0.5) is 0 Å². The van der Waals surface area contributed by atoms with E-state index in [0.717, 1.165) is 28.0 Å². The molecule has 0 saturated heterocycles. The predicted octanol–water partition coefficient (Wildman–Crippen LogP) is 5.11. The van der Waals surface area contributed by atoms with E-state index in [9.17, 15) is 4.79 Å². The van der Waals surface area contributed by atoms with Crippen molar-refractivity contribution in [3.8, 4) is 17.2 Å². The summed E-state index contributed by atoms with van der Waals surface area (Å²) in [6.45, 7) is 4.81. The van der Waals surface area contributed by atoms with Crippen LogP contribution in [0.25, 0.3) is 6.08 Å². The molecule has 0 aliphatic carbocycles. The Kier molecular flexibility index (Phi) is 6.74. The number of hydrogen-bond acceptors (Lipinski definition) is 6. The van der Waals surface area contributed by atoms with E-state index in [1.807, 2.05) is 62.4 Å². The number of carbonyl (C=O) groups excluding carboxylic acids is 1. The summed E-state index contributed by atoms with van der Waals surface area (Å²) in [6, 6.07) is 20.8. The Morgan fingerprint density at radius 3 is 2.39 bits per heavy atom. The Balaban J connectivity index is 1.42. The first-order valence-corrected chi connectivity index (χ1v) is 10.6. The van der Waals surface area contributed by atoms with Crippen LogP contribution in [0.3, 0.4) is 0 Å². The summed E-state index contributed by atoms with van der Waals surface area (Å²) in [4.78, 5) is 16.6. The maximum atomic E-state index is 12.2. The lowest BCUT2D eigenvalue weighted by Crippen LogP contribution is -2.10. The molecule has 0 saturated carbocycles. The van der Waals surface area contributed by atoms with Gasteiger partial charge in [0.2, 0.25) is 5.90 Å².